The van der Waals surface area contributed by atoms with E-state index in [0.717, 1.165) is 12.8 Å². The van der Waals surface area contributed by atoms with Gasteiger partial charge in [0.05, 0.1) is 15.1 Å². The molecule has 20 heavy (non-hydrogen) atoms. The molecule has 0 radical (unpaired) electrons. The fraction of sp³-hybridized carbons (Fsp3) is 0.364. The summed E-state index contributed by atoms with van der Waals surface area (Å²) in [7, 11) is 0. The number of halogens is 4. The van der Waals surface area contributed by atoms with E-state index in [4.69, 9.17) is 51.1 Å². The van der Waals surface area contributed by atoms with E-state index in [0.29, 0.717) is 0 Å². The highest BCUT2D eigenvalue weighted by molar-refractivity contribution is 6.52. The summed E-state index contributed by atoms with van der Waals surface area (Å²) in [5.41, 5.74) is -0.287. The maximum Gasteiger partial charge on any atom is 0.359 e. The molecular weight excluding hydrogens is 350 g/mol. The molecule has 1 aliphatic carbocycles. The Labute approximate surface area is 134 Å². The molecule has 1 aromatic rings. The van der Waals surface area contributed by atoms with Crippen molar-refractivity contribution >= 4 is 58.3 Å². The molecule has 1 fully saturated rings. The number of esters is 1. The maximum atomic E-state index is 11.8. The minimum atomic E-state index is -0.901. The van der Waals surface area contributed by atoms with Crippen LogP contribution in [0.2, 0.25) is 20.2 Å². The molecule has 0 spiro atoms. The predicted octanol–water partition coefficient (Wildman–Crippen LogP) is 3.13. The zero-order valence-electron chi connectivity index (χ0n) is 9.88. The number of pyridine rings is 1. The number of hydrogen-bond acceptors (Lipinski definition) is 4. The molecule has 0 aromatic carbocycles. The van der Waals surface area contributed by atoms with Gasteiger partial charge in [0.25, 0.3) is 5.91 Å². The molecule has 1 aromatic heterocycles. The van der Waals surface area contributed by atoms with E-state index in [2.05, 4.69) is 10.3 Å². The molecule has 5 nitrogen and oxygen atoms in total. The van der Waals surface area contributed by atoms with Crippen molar-refractivity contribution in [1.29, 1.82) is 0 Å². The molecule has 1 heterocycles. The van der Waals surface area contributed by atoms with Crippen LogP contribution in [0, 0.1) is 0 Å². The fourth-order valence-electron chi connectivity index (χ4n) is 1.32. The molecule has 0 aliphatic heterocycles. The molecule has 0 unspecified atom stereocenters. The summed E-state index contributed by atoms with van der Waals surface area (Å²) in [4.78, 5) is 26.9. The normalized spacial score (nSPS) is 14.0. The third kappa shape index (κ3) is 3.67. The Balaban J connectivity index is 2.03. The number of rotatable bonds is 4. The highest BCUT2D eigenvalue weighted by atomic mass is 35.5. The average Bonchev–Trinajstić information content (AvgIpc) is 3.21. The minimum absolute atomic E-state index is 0.0543. The zero-order chi connectivity index (χ0) is 14.9. The Morgan fingerprint density at radius 2 is 1.80 bits per heavy atom. The van der Waals surface area contributed by atoms with Crippen molar-refractivity contribution in [3.05, 3.63) is 25.9 Å². The summed E-state index contributed by atoms with van der Waals surface area (Å²) < 4.78 is 4.79. The monoisotopic (exact) mass is 356 g/mol. The molecule has 1 saturated carbocycles. The summed E-state index contributed by atoms with van der Waals surface area (Å²) >= 11 is 23.1. The number of aromatic nitrogens is 1. The van der Waals surface area contributed by atoms with Crippen molar-refractivity contribution in [3.8, 4) is 0 Å². The van der Waals surface area contributed by atoms with Crippen LogP contribution in [0.5, 0.6) is 0 Å². The van der Waals surface area contributed by atoms with Gasteiger partial charge >= 0.3 is 5.97 Å². The van der Waals surface area contributed by atoms with Gasteiger partial charge in [0, 0.05) is 6.04 Å². The first kappa shape index (κ1) is 15.6. The lowest BCUT2D eigenvalue weighted by Crippen LogP contribution is -2.30. The van der Waals surface area contributed by atoms with Crippen molar-refractivity contribution in [2.24, 2.45) is 0 Å². The molecule has 1 aliphatic rings. The van der Waals surface area contributed by atoms with Crippen LogP contribution in [0.1, 0.15) is 23.3 Å². The van der Waals surface area contributed by atoms with Crippen molar-refractivity contribution < 1.29 is 14.3 Å². The van der Waals surface area contributed by atoms with E-state index in [1.165, 1.54) is 0 Å². The SMILES string of the molecule is O=C(COC(=O)c1nc(Cl)c(Cl)c(Cl)c1Cl)NC1CC1. The van der Waals surface area contributed by atoms with E-state index in [1.54, 1.807) is 0 Å². The second-order valence-electron chi connectivity index (χ2n) is 4.11. The van der Waals surface area contributed by atoms with Gasteiger partial charge in [-0.05, 0) is 12.8 Å². The lowest BCUT2D eigenvalue weighted by Gasteiger charge is -2.08. The molecule has 9 heteroatoms. The van der Waals surface area contributed by atoms with Crippen molar-refractivity contribution in [1.82, 2.24) is 10.3 Å². The summed E-state index contributed by atoms with van der Waals surface area (Å²) in [6.07, 6.45) is 1.88. The van der Waals surface area contributed by atoms with Gasteiger partial charge < -0.3 is 10.1 Å². The Hall–Kier alpha value is -0.750. The van der Waals surface area contributed by atoms with Crippen LogP contribution in [0.15, 0.2) is 0 Å². The molecule has 0 bridgehead atoms. The summed E-state index contributed by atoms with van der Waals surface area (Å²) in [6, 6.07) is 0.183. The predicted molar refractivity (Wildman–Crippen MR) is 75.7 cm³/mol. The maximum absolute atomic E-state index is 11.8. The summed E-state index contributed by atoms with van der Waals surface area (Å²) in [6.45, 7) is -0.425. The lowest BCUT2D eigenvalue weighted by atomic mass is 10.3. The van der Waals surface area contributed by atoms with Gasteiger partial charge in [-0.2, -0.15) is 0 Å². The first-order chi connectivity index (χ1) is 9.40. The van der Waals surface area contributed by atoms with Gasteiger partial charge in [-0.3, -0.25) is 4.79 Å². The van der Waals surface area contributed by atoms with E-state index in [9.17, 15) is 9.59 Å². The number of carbonyl (C=O) groups is 2. The van der Waals surface area contributed by atoms with Gasteiger partial charge in [0.2, 0.25) is 0 Å². The molecule has 2 rings (SSSR count). The van der Waals surface area contributed by atoms with Crippen LogP contribution in [-0.4, -0.2) is 29.5 Å². The van der Waals surface area contributed by atoms with Gasteiger partial charge in [-0.25, -0.2) is 9.78 Å². The number of nitrogens with one attached hydrogen (secondary N) is 1. The van der Waals surface area contributed by atoms with Crippen molar-refractivity contribution in [2.45, 2.75) is 18.9 Å². The Kier molecular flexibility index (Phi) is 4.96. The van der Waals surface area contributed by atoms with Crippen LogP contribution >= 0.6 is 46.4 Å². The van der Waals surface area contributed by atoms with Gasteiger partial charge in [-0.15, -0.1) is 0 Å². The van der Waals surface area contributed by atoms with Crippen LogP contribution in [0.3, 0.4) is 0 Å². The highest BCUT2D eigenvalue weighted by Gasteiger charge is 2.25. The Morgan fingerprint density at radius 1 is 1.15 bits per heavy atom. The number of hydrogen-bond donors (Lipinski definition) is 1. The van der Waals surface area contributed by atoms with E-state index >= 15 is 0 Å². The molecule has 1 N–H and O–H groups in total. The molecule has 0 atom stereocenters. The van der Waals surface area contributed by atoms with Gasteiger partial charge in [-0.1, -0.05) is 46.4 Å². The van der Waals surface area contributed by atoms with E-state index < -0.39 is 12.6 Å². The molecule has 1 amide bonds. The quantitative estimate of drug-likeness (QED) is 0.664. The third-order valence-corrected chi connectivity index (χ3v) is 4.13. The van der Waals surface area contributed by atoms with E-state index in [1.807, 2.05) is 0 Å². The van der Waals surface area contributed by atoms with Crippen LogP contribution in [-0.2, 0) is 9.53 Å². The number of ether oxygens (including phenoxy) is 1. The standard InChI is InChI=1S/C11H8Cl4N2O3/c12-6-7(13)9(17-10(15)8(6)14)11(19)20-3-5(18)16-4-1-2-4/h4H,1-3H2,(H,16,18). The third-order valence-electron chi connectivity index (χ3n) is 2.45. The number of carbonyl (C=O) groups excluding carboxylic acids is 2. The highest BCUT2D eigenvalue weighted by Crippen LogP contribution is 2.36. The topological polar surface area (TPSA) is 68.3 Å². The Morgan fingerprint density at radius 3 is 2.40 bits per heavy atom. The minimum Gasteiger partial charge on any atom is -0.451 e. The van der Waals surface area contributed by atoms with Gasteiger partial charge in [0.15, 0.2) is 12.3 Å². The van der Waals surface area contributed by atoms with Crippen molar-refractivity contribution in [3.63, 3.8) is 0 Å². The zero-order valence-corrected chi connectivity index (χ0v) is 12.9. The van der Waals surface area contributed by atoms with Crippen LogP contribution < -0.4 is 5.32 Å². The molecular formula is C11H8Cl4N2O3. The summed E-state index contributed by atoms with van der Waals surface area (Å²) in [5, 5.41) is 2.17. The average molecular weight is 358 g/mol. The van der Waals surface area contributed by atoms with Gasteiger partial charge in [0.1, 0.15) is 5.15 Å². The first-order valence-corrected chi connectivity index (χ1v) is 7.07. The fourth-order valence-corrected chi connectivity index (χ4v) is 2.12. The lowest BCUT2D eigenvalue weighted by molar-refractivity contribution is -0.124. The van der Waals surface area contributed by atoms with Crippen molar-refractivity contribution in [2.75, 3.05) is 6.61 Å². The second kappa shape index (κ2) is 6.35. The number of amides is 1. The Bertz CT molecular complexity index is 575. The van der Waals surface area contributed by atoms with E-state index in [-0.39, 0.29) is 37.9 Å². The number of nitrogens with zero attached hydrogens (tertiary/aromatic N) is 1. The smallest absolute Gasteiger partial charge is 0.359 e. The van der Waals surface area contributed by atoms with Crippen LogP contribution in [0.4, 0.5) is 0 Å². The largest absolute Gasteiger partial charge is 0.451 e. The molecule has 108 valence electrons. The van der Waals surface area contributed by atoms with Crippen LogP contribution in [0.25, 0.3) is 0 Å². The second-order valence-corrected chi connectivity index (χ2v) is 5.60. The summed E-state index contributed by atoms with van der Waals surface area (Å²) in [5.74, 6) is -1.29. The molecule has 0 saturated heterocycles. The first-order valence-electron chi connectivity index (χ1n) is 5.56.